The topological polar surface area (TPSA) is 112 Å². The highest BCUT2D eigenvalue weighted by atomic mass is 19.4. The zero-order valence-corrected chi connectivity index (χ0v) is 22.0. The average molecular weight is 595 g/mol. The fourth-order valence-electron chi connectivity index (χ4n) is 5.28. The number of fused-ring (bicyclic) bond motifs is 1. The van der Waals surface area contributed by atoms with Crippen LogP contribution in [-0.4, -0.2) is 60.4 Å². The van der Waals surface area contributed by atoms with Crippen molar-refractivity contribution in [2.45, 2.75) is 57.3 Å². The summed E-state index contributed by atoms with van der Waals surface area (Å²) in [4.78, 5) is 40.3. The molecule has 4 heterocycles. The molecule has 5 rings (SSSR count). The zero-order valence-electron chi connectivity index (χ0n) is 22.0. The monoisotopic (exact) mass is 594 g/mol. The van der Waals surface area contributed by atoms with Crippen molar-refractivity contribution in [3.05, 3.63) is 76.4 Å². The minimum Gasteiger partial charge on any atom is -0.477 e. The number of aromatic nitrogens is 3. The van der Waals surface area contributed by atoms with Gasteiger partial charge < -0.3 is 15.3 Å². The first-order valence-corrected chi connectivity index (χ1v) is 12.8. The number of aromatic carboxylic acids is 1. The Labute approximate surface area is 235 Å². The van der Waals surface area contributed by atoms with Gasteiger partial charge in [0.05, 0.1) is 16.8 Å². The SMILES string of the molecule is C[C@@H]1CC(N2Cc3cnc(Nc4cc(C(F)(F)F)cc(C(F)(F)F)c4)nc3C2)CCN1C(=O)c1ccnc(C(=O)O)c1. The van der Waals surface area contributed by atoms with Gasteiger partial charge in [-0.3, -0.25) is 9.69 Å². The van der Waals surface area contributed by atoms with Gasteiger partial charge in [-0.15, -0.1) is 0 Å². The number of piperidine rings is 1. The normalized spacial score (nSPS) is 19.5. The van der Waals surface area contributed by atoms with Crippen molar-refractivity contribution in [1.82, 2.24) is 24.8 Å². The van der Waals surface area contributed by atoms with Crippen molar-refractivity contribution in [1.29, 1.82) is 0 Å². The van der Waals surface area contributed by atoms with Gasteiger partial charge in [-0.25, -0.2) is 19.7 Å². The maximum absolute atomic E-state index is 13.2. The number of nitrogens with one attached hydrogen (secondary N) is 1. The van der Waals surface area contributed by atoms with Crippen LogP contribution in [0.2, 0.25) is 0 Å². The van der Waals surface area contributed by atoms with Crippen LogP contribution in [0.25, 0.3) is 0 Å². The number of hydrogen-bond acceptors (Lipinski definition) is 7. The number of benzene rings is 1. The molecule has 2 aromatic heterocycles. The number of rotatable bonds is 5. The molecule has 2 N–H and O–H groups in total. The molecule has 2 atom stereocenters. The first-order valence-electron chi connectivity index (χ1n) is 12.8. The number of halogens is 6. The Balaban J connectivity index is 1.26. The van der Waals surface area contributed by atoms with Crippen molar-refractivity contribution in [3.63, 3.8) is 0 Å². The molecule has 0 bridgehead atoms. The fraction of sp³-hybridized carbons (Fsp3) is 0.370. The molecule has 0 spiro atoms. The fourth-order valence-corrected chi connectivity index (χ4v) is 5.28. The number of nitrogens with zero attached hydrogens (tertiary/aromatic N) is 5. The Bertz CT molecular complexity index is 1500. The van der Waals surface area contributed by atoms with Crippen LogP contribution in [0.3, 0.4) is 0 Å². The highest BCUT2D eigenvalue weighted by Gasteiger charge is 2.38. The van der Waals surface area contributed by atoms with Gasteiger partial charge in [0, 0.05) is 60.9 Å². The number of carbonyl (C=O) groups excluding carboxylic acids is 1. The molecule has 1 saturated heterocycles. The van der Waals surface area contributed by atoms with Crippen LogP contribution < -0.4 is 5.32 Å². The largest absolute Gasteiger partial charge is 0.477 e. The molecule has 15 heteroatoms. The summed E-state index contributed by atoms with van der Waals surface area (Å²) in [5, 5.41) is 11.6. The van der Waals surface area contributed by atoms with E-state index >= 15 is 0 Å². The number of anilines is 2. The quantitative estimate of drug-likeness (QED) is 0.380. The van der Waals surface area contributed by atoms with Crippen molar-refractivity contribution in [2.24, 2.45) is 0 Å². The summed E-state index contributed by atoms with van der Waals surface area (Å²) < 4.78 is 79.3. The molecule has 0 aliphatic carbocycles. The predicted molar refractivity (Wildman–Crippen MR) is 136 cm³/mol. The number of carboxylic acid groups (broad SMARTS) is 1. The van der Waals surface area contributed by atoms with E-state index in [0.717, 1.165) is 5.56 Å². The molecule has 1 unspecified atom stereocenters. The van der Waals surface area contributed by atoms with E-state index in [-0.39, 0.29) is 41.3 Å². The summed E-state index contributed by atoms with van der Waals surface area (Å²) in [5.41, 5.74) is -1.94. The number of hydrogen-bond donors (Lipinski definition) is 2. The summed E-state index contributed by atoms with van der Waals surface area (Å²) in [6, 6.07) is 3.82. The van der Waals surface area contributed by atoms with Crippen LogP contribution in [0.5, 0.6) is 0 Å². The van der Waals surface area contributed by atoms with E-state index in [0.29, 0.717) is 50.3 Å². The molecular formula is C27H24F6N6O3. The van der Waals surface area contributed by atoms with Crippen LogP contribution in [0.4, 0.5) is 38.0 Å². The number of alkyl halides is 6. The van der Waals surface area contributed by atoms with Gasteiger partial charge in [-0.05, 0) is 50.1 Å². The smallest absolute Gasteiger partial charge is 0.416 e. The molecule has 3 aromatic rings. The third-order valence-corrected chi connectivity index (χ3v) is 7.38. The van der Waals surface area contributed by atoms with Crippen LogP contribution in [0.1, 0.15) is 63.0 Å². The Morgan fingerprint density at radius 3 is 2.31 bits per heavy atom. The van der Waals surface area contributed by atoms with Gasteiger partial charge in [-0.1, -0.05) is 0 Å². The minimum absolute atomic E-state index is 0.0524. The summed E-state index contributed by atoms with van der Waals surface area (Å²) >= 11 is 0. The van der Waals surface area contributed by atoms with Gasteiger partial charge in [0.1, 0.15) is 5.69 Å². The minimum atomic E-state index is -4.98. The number of pyridine rings is 1. The maximum Gasteiger partial charge on any atom is 0.416 e. The molecule has 0 radical (unpaired) electrons. The van der Waals surface area contributed by atoms with E-state index in [4.69, 9.17) is 5.11 Å². The van der Waals surface area contributed by atoms with E-state index in [1.165, 1.54) is 24.5 Å². The second-order valence-corrected chi connectivity index (χ2v) is 10.3. The maximum atomic E-state index is 13.2. The van der Waals surface area contributed by atoms with E-state index in [9.17, 15) is 35.9 Å². The molecule has 42 heavy (non-hydrogen) atoms. The second-order valence-electron chi connectivity index (χ2n) is 10.3. The highest BCUT2D eigenvalue weighted by molar-refractivity contribution is 5.96. The molecule has 0 saturated carbocycles. The number of likely N-dealkylation sites (tertiary alicyclic amines) is 1. The van der Waals surface area contributed by atoms with Crippen molar-refractivity contribution in [2.75, 3.05) is 11.9 Å². The molecule has 9 nitrogen and oxygen atoms in total. The summed E-state index contributed by atoms with van der Waals surface area (Å²) in [6.45, 7) is 3.21. The third kappa shape index (κ3) is 6.15. The van der Waals surface area contributed by atoms with E-state index in [1.807, 2.05) is 6.92 Å². The Morgan fingerprint density at radius 1 is 1.00 bits per heavy atom. The first kappa shape index (κ1) is 29.2. The second kappa shape index (κ2) is 10.9. The molecule has 1 fully saturated rings. The summed E-state index contributed by atoms with van der Waals surface area (Å²) in [5.74, 6) is -1.65. The molecule has 1 aromatic carbocycles. The standard InChI is InChI=1S/C27H24F6N6O3/c1-14-6-20(3-5-39(14)23(40)15-2-4-34-21(7-15)24(41)42)38-12-16-11-35-25(37-22(16)13-38)36-19-9-17(26(28,29)30)8-18(10-19)27(31,32)33/h2,4,7-11,14,20H,3,5-6,12-13H2,1H3,(H,41,42)(H,35,36,37)/t14-,20?/m1/s1. The molecule has 1 amide bonds. The molecular weight excluding hydrogens is 570 g/mol. The summed E-state index contributed by atoms with van der Waals surface area (Å²) in [6.07, 6.45) is -5.93. The van der Waals surface area contributed by atoms with Crippen LogP contribution in [-0.2, 0) is 25.4 Å². The van der Waals surface area contributed by atoms with Crippen LogP contribution in [0, 0.1) is 0 Å². The van der Waals surface area contributed by atoms with Crippen LogP contribution in [0.15, 0.2) is 42.7 Å². The van der Waals surface area contributed by atoms with E-state index < -0.39 is 35.1 Å². The lowest BCUT2D eigenvalue weighted by atomic mass is 9.96. The number of carboxylic acids is 1. The number of carbonyl (C=O) groups is 2. The van der Waals surface area contributed by atoms with Gasteiger partial charge in [0.2, 0.25) is 5.95 Å². The Hall–Kier alpha value is -4.27. The average Bonchev–Trinajstić information content (AvgIpc) is 3.35. The van der Waals surface area contributed by atoms with Crippen LogP contribution >= 0.6 is 0 Å². The third-order valence-electron chi connectivity index (χ3n) is 7.38. The van der Waals surface area contributed by atoms with Gasteiger partial charge in [0.15, 0.2) is 0 Å². The molecule has 2 aliphatic rings. The lowest BCUT2D eigenvalue weighted by molar-refractivity contribution is -0.143. The van der Waals surface area contributed by atoms with E-state index in [2.05, 4.69) is 25.2 Å². The van der Waals surface area contributed by atoms with Crippen molar-refractivity contribution < 1.29 is 41.0 Å². The van der Waals surface area contributed by atoms with Gasteiger partial charge in [0.25, 0.3) is 5.91 Å². The summed E-state index contributed by atoms with van der Waals surface area (Å²) in [7, 11) is 0. The van der Waals surface area contributed by atoms with E-state index in [1.54, 1.807) is 4.90 Å². The number of amides is 1. The highest BCUT2D eigenvalue weighted by Crippen LogP contribution is 2.38. The van der Waals surface area contributed by atoms with Gasteiger partial charge >= 0.3 is 18.3 Å². The molecule has 2 aliphatic heterocycles. The van der Waals surface area contributed by atoms with Gasteiger partial charge in [-0.2, -0.15) is 26.3 Å². The Kier molecular flexibility index (Phi) is 7.55. The molecule has 222 valence electrons. The van der Waals surface area contributed by atoms with Crippen molar-refractivity contribution >= 4 is 23.5 Å². The lowest BCUT2D eigenvalue weighted by Crippen LogP contribution is -2.50. The predicted octanol–water partition coefficient (Wildman–Crippen LogP) is 5.36. The first-order chi connectivity index (χ1) is 19.7. The van der Waals surface area contributed by atoms with Crippen molar-refractivity contribution in [3.8, 4) is 0 Å². The lowest BCUT2D eigenvalue weighted by Gasteiger charge is -2.41. The Morgan fingerprint density at radius 2 is 1.69 bits per heavy atom. The zero-order chi connectivity index (χ0) is 30.4.